The highest BCUT2D eigenvalue weighted by Gasteiger charge is 2.30. The summed E-state index contributed by atoms with van der Waals surface area (Å²) in [4.78, 5) is 23.9. The maximum absolute atomic E-state index is 13.9. The van der Waals surface area contributed by atoms with E-state index in [1.165, 1.54) is 12.1 Å². The molecule has 1 aromatic heterocycles. The molecule has 0 fully saturated rings. The summed E-state index contributed by atoms with van der Waals surface area (Å²) in [5, 5.41) is 21.0. The van der Waals surface area contributed by atoms with Crippen LogP contribution < -0.4 is 4.72 Å². The van der Waals surface area contributed by atoms with Gasteiger partial charge in [0.1, 0.15) is 17.3 Å². The molecule has 1 unspecified atom stereocenters. The molecule has 162 valence electrons. The topological polar surface area (TPSA) is 144 Å². The second-order valence-electron chi connectivity index (χ2n) is 6.29. The molecule has 10 nitrogen and oxygen atoms in total. The molecular formula is C18H15ClFN5O5S. The highest BCUT2D eigenvalue weighted by Crippen LogP contribution is 2.23. The van der Waals surface area contributed by atoms with E-state index in [9.17, 15) is 22.4 Å². The maximum atomic E-state index is 13.9. The van der Waals surface area contributed by atoms with Crippen molar-refractivity contribution >= 4 is 33.4 Å². The summed E-state index contributed by atoms with van der Waals surface area (Å²) < 4.78 is 40.8. The van der Waals surface area contributed by atoms with E-state index in [0.29, 0.717) is 10.6 Å². The van der Waals surface area contributed by atoms with Gasteiger partial charge in [0.05, 0.1) is 17.5 Å². The number of rotatable bonds is 9. The zero-order valence-electron chi connectivity index (χ0n) is 15.6. The number of carboxylic acids is 1. The molecule has 0 saturated carbocycles. The van der Waals surface area contributed by atoms with Gasteiger partial charge in [0.25, 0.3) is 0 Å². The van der Waals surface area contributed by atoms with Crippen LogP contribution >= 0.6 is 11.6 Å². The van der Waals surface area contributed by atoms with Crippen LogP contribution in [0.3, 0.4) is 0 Å². The lowest BCUT2D eigenvalue weighted by Crippen LogP contribution is -2.44. The average molecular weight is 468 g/mol. The van der Waals surface area contributed by atoms with E-state index in [-0.39, 0.29) is 5.82 Å². The Kier molecular flexibility index (Phi) is 6.73. The fourth-order valence-corrected chi connectivity index (χ4v) is 4.14. The summed E-state index contributed by atoms with van der Waals surface area (Å²) >= 11 is 6.07. The van der Waals surface area contributed by atoms with Gasteiger partial charge in [-0.2, -0.15) is 9.52 Å². The first kappa shape index (κ1) is 22.5. The van der Waals surface area contributed by atoms with Gasteiger partial charge in [-0.25, -0.2) is 12.8 Å². The number of ketones is 1. The van der Waals surface area contributed by atoms with Crippen molar-refractivity contribution in [3.8, 4) is 11.4 Å². The van der Waals surface area contributed by atoms with Crippen molar-refractivity contribution in [1.29, 1.82) is 0 Å². The summed E-state index contributed by atoms with van der Waals surface area (Å²) in [7, 11) is -4.51. The van der Waals surface area contributed by atoms with Gasteiger partial charge in [-0.3, -0.25) is 9.59 Å². The lowest BCUT2D eigenvalue weighted by atomic mass is 10.1. The number of benzene rings is 2. The molecule has 2 N–H and O–H groups in total. The van der Waals surface area contributed by atoms with Crippen molar-refractivity contribution in [2.45, 2.75) is 23.9 Å². The van der Waals surface area contributed by atoms with Gasteiger partial charge < -0.3 is 5.11 Å². The number of carboxylic acid groups (broad SMARTS) is 1. The van der Waals surface area contributed by atoms with Crippen LogP contribution in [-0.2, 0) is 26.2 Å². The third-order valence-electron chi connectivity index (χ3n) is 4.06. The Morgan fingerprint density at radius 2 is 1.84 bits per heavy atom. The van der Waals surface area contributed by atoms with E-state index in [1.54, 1.807) is 24.3 Å². The Hall–Kier alpha value is -3.22. The quantitative estimate of drug-likeness (QED) is 0.482. The molecule has 31 heavy (non-hydrogen) atoms. The smallest absolute Gasteiger partial charge is 0.305 e. The first-order valence-corrected chi connectivity index (χ1v) is 10.6. The van der Waals surface area contributed by atoms with Crippen molar-refractivity contribution in [3.63, 3.8) is 0 Å². The average Bonchev–Trinajstić information content (AvgIpc) is 3.15. The minimum atomic E-state index is -4.51. The number of aromatic nitrogens is 4. The standard InChI is InChI=1S/C18H15ClFN5O5S/c19-12-6-2-1-5-11(12)18-21-24-25(22-18)10-15(26)14(9-17(27)28)23-31(29,30)16-8-4-3-7-13(16)20/h1-8,14,23H,9-10H2,(H,27,28). The zero-order valence-corrected chi connectivity index (χ0v) is 17.2. The SMILES string of the molecule is O=C(O)CC(NS(=O)(=O)c1ccccc1F)C(=O)Cn1nnc(-c2ccccc2Cl)n1. The monoisotopic (exact) mass is 467 g/mol. The van der Waals surface area contributed by atoms with Crippen LogP contribution in [0, 0.1) is 5.82 Å². The molecule has 2 aromatic carbocycles. The number of tetrazole rings is 1. The number of hydrogen-bond donors (Lipinski definition) is 2. The van der Waals surface area contributed by atoms with Crippen LogP contribution in [-0.4, -0.2) is 51.5 Å². The number of sulfonamides is 1. The van der Waals surface area contributed by atoms with Gasteiger partial charge in [0.15, 0.2) is 5.78 Å². The van der Waals surface area contributed by atoms with Crippen LogP contribution in [0.15, 0.2) is 53.4 Å². The Balaban J connectivity index is 1.80. The lowest BCUT2D eigenvalue weighted by molar-refractivity contribution is -0.139. The van der Waals surface area contributed by atoms with E-state index < -0.39 is 51.5 Å². The molecule has 0 radical (unpaired) electrons. The highest BCUT2D eigenvalue weighted by molar-refractivity contribution is 7.89. The molecule has 0 bridgehead atoms. The fraction of sp³-hybridized carbons (Fsp3) is 0.167. The molecule has 1 heterocycles. The van der Waals surface area contributed by atoms with Crippen molar-refractivity contribution in [1.82, 2.24) is 24.9 Å². The van der Waals surface area contributed by atoms with Crippen LogP contribution in [0.2, 0.25) is 5.02 Å². The molecule has 1 atom stereocenters. The van der Waals surface area contributed by atoms with Gasteiger partial charge in [-0.15, -0.1) is 10.2 Å². The van der Waals surface area contributed by atoms with Gasteiger partial charge in [-0.1, -0.05) is 35.9 Å². The van der Waals surface area contributed by atoms with E-state index >= 15 is 0 Å². The van der Waals surface area contributed by atoms with Crippen molar-refractivity contribution in [3.05, 3.63) is 59.4 Å². The summed E-state index contributed by atoms with van der Waals surface area (Å²) in [6.45, 7) is -0.574. The number of nitrogens with zero attached hydrogens (tertiary/aromatic N) is 4. The summed E-state index contributed by atoms with van der Waals surface area (Å²) in [6, 6.07) is 9.49. The molecule has 0 aliphatic rings. The molecular weight excluding hydrogens is 453 g/mol. The molecule has 13 heteroatoms. The van der Waals surface area contributed by atoms with Crippen LogP contribution in [0.25, 0.3) is 11.4 Å². The molecule has 0 aliphatic heterocycles. The first-order valence-electron chi connectivity index (χ1n) is 8.71. The molecule has 3 aromatic rings. The van der Waals surface area contributed by atoms with Gasteiger partial charge in [0.2, 0.25) is 15.8 Å². The Bertz CT molecular complexity index is 1230. The molecule has 0 amide bonds. The highest BCUT2D eigenvalue weighted by atomic mass is 35.5. The number of Topliss-reactive ketones (excluding diaryl/α,β-unsaturated/α-hetero) is 1. The predicted molar refractivity (Wildman–Crippen MR) is 106 cm³/mol. The van der Waals surface area contributed by atoms with Crippen LogP contribution in [0.4, 0.5) is 4.39 Å². The maximum Gasteiger partial charge on any atom is 0.305 e. The second kappa shape index (κ2) is 9.29. The summed E-state index contributed by atoms with van der Waals surface area (Å²) in [5.41, 5.74) is 0.463. The summed E-state index contributed by atoms with van der Waals surface area (Å²) in [5.74, 6) is -3.21. The predicted octanol–water partition coefficient (Wildman–Crippen LogP) is 1.52. The number of carbonyl (C=O) groups excluding carboxylic acids is 1. The minimum absolute atomic E-state index is 0.125. The fourth-order valence-electron chi connectivity index (χ4n) is 2.62. The van der Waals surface area contributed by atoms with E-state index in [1.807, 2.05) is 4.72 Å². The van der Waals surface area contributed by atoms with Crippen molar-refractivity contribution in [2.75, 3.05) is 0 Å². The first-order chi connectivity index (χ1) is 14.7. The Morgan fingerprint density at radius 1 is 1.16 bits per heavy atom. The number of nitrogens with one attached hydrogen (secondary N) is 1. The van der Waals surface area contributed by atoms with Gasteiger partial charge in [0, 0.05) is 5.56 Å². The minimum Gasteiger partial charge on any atom is -0.481 e. The number of hydrogen-bond acceptors (Lipinski definition) is 7. The molecule has 0 saturated heterocycles. The zero-order chi connectivity index (χ0) is 22.6. The molecule has 0 aliphatic carbocycles. The van der Waals surface area contributed by atoms with Gasteiger partial charge in [-0.05, 0) is 29.5 Å². The lowest BCUT2D eigenvalue weighted by Gasteiger charge is -2.16. The number of carbonyl (C=O) groups is 2. The second-order valence-corrected chi connectivity index (χ2v) is 8.38. The summed E-state index contributed by atoms with van der Waals surface area (Å²) in [6.07, 6.45) is -0.863. The third kappa shape index (κ3) is 5.48. The Morgan fingerprint density at radius 3 is 2.52 bits per heavy atom. The van der Waals surface area contributed by atoms with E-state index in [0.717, 1.165) is 16.9 Å². The number of aliphatic carboxylic acids is 1. The normalized spacial score (nSPS) is 12.5. The van der Waals surface area contributed by atoms with E-state index in [2.05, 4.69) is 15.4 Å². The number of halogens is 2. The van der Waals surface area contributed by atoms with Crippen LogP contribution in [0.1, 0.15) is 6.42 Å². The molecule has 0 spiro atoms. The van der Waals surface area contributed by atoms with Crippen molar-refractivity contribution in [2.24, 2.45) is 0 Å². The Labute approximate surface area is 180 Å². The van der Waals surface area contributed by atoms with Crippen molar-refractivity contribution < 1.29 is 27.5 Å². The molecule has 3 rings (SSSR count). The third-order valence-corrected chi connectivity index (χ3v) is 5.89. The largest absolute Gasteiger partial charge is 0.481 e. The van der Waals surface area contributed by atoms with E-state index in [4.69, 9.17) is 16.7 Å². The van der Waals surface area contributed by atoms with Gasteiger partial charge >= 0.3 is 5.97 Å². The van der Waals surface area contributed by atoms with Crippen LogP contribution in [0.5, 0.6) is 0 Å².